The first-order valence-electron chi connectivity index (χ1n) is 8.76. The van der Waals surface area contributed by atoms with Crippen molar-refractivity contribution >= 4 is 17.3 Å². The van der Waals surface area contributed by atoms with Crippen molar-refractivity contribution in [3.05, 3.63) is 47.5 Å². The van der Waals surface area contributed by atoms with Gasteiger partial charge in [-0.05, 0) is 42.7 Å². The zero-order chi connectivity index (χ0) is 17.0. The van der Waals surface area contributed by atoms with Crippen molar-refractivity contribution < 1.29 is 14.3 Å². The molecule has 5 rings (SSSR count). The van der Waals surface area contributed by atoms with E-state index in [1.54, 1.807) is 0 Å². The van der Waals surface area contributed by atoms with Gasteiger partial charge in [0.1, 0.15) is 0 Å². The maximum absolute atomic E-state index is 13.1. The van der Waals surface area contributed by atoms with E-state index < -0.39 is 5.41 Å². The van der Waals surface area contributed by atoms with Crippen LogP contribution in [0.2, 0.25) is 0 Å². The van der Waals surface area contributed by atoms with Crippen molar-refractivity contribution in [2.75, 3.05) is 24.0 Å². The summed E-state index contributed by atoms with van der Waals surface area (Å²) in [4.78, 5) is 13.1. The smallest absolute Gasteiger partial charge is 0.235 e. The maximum Gasteiger partial charge on any atom is 0.235 e. The number of rotatable bonds is 3. The van der Waals surface area contributed by atoms with Crippen molar-refractivity contribution in [1.82, 2.24) is 0 Å². The summed E-state index contributed by atoms with van der Waals surface area (Å²) in [6, 6.07) is 11.9. The molecule has 2 aromatic rings. The van der Waals surface area contributed by atoms with Crippen LogP contribution < -0.4 is 20.1 Å². The molecule has 128 valence electrons. The Morgan fingerprint density at radius 1 is 1.20 bits per heavy atom. The molecule has 1 amide bonds. The van der Waals surface area contributed by atoms with E-state index >= 15 is 0 Å². The number of amides is 1. The third-order valence-electron chi connectivity index (χ3n) is 5.56. The van der Waals surface area contributed by atoms with Gasteiger partial charge in [0.25, 0.3) is 0 Å². The predicted molar refractivity (Wildman–Crippen MR) is 95.5 cm³/mol. The van der Waals surface area contributed by atoms with Crippen LogP contribution in [-0.4, -0.2) is 19.2 Å². The van der Waals surface area contributed by atoms with E-state index in [2.05, 4.69) is 23.6 Å². The van der Waals surface area contributed by atoms with E-state index in [0.29, 0.717) is 5.92 Å². The maximum atomic E-state index is 13.1. The Balaban J connectivity index is 1.45. The van der Waals surface area contributed by atoms with Crippen LogP contribution in [0, 0.1) is 0 Å². The molecule has 1 fully saturated rings. The second-order valence-electron chi connectivity index (χ2n) is 7.15. The largest absolute Gasteiger partial charge is 0.454 e. The number of anilines is 2. The fourth-order valence-electron chi connectivity index (χ4n) is 3.93. The van der Waals surface area contributed by atoms with Crippen LogP contribution in [0.15, 0.2) is 36.4 Å². The van der Waals surface area contributed by atoms with Gasteiger partial charge in [-0.2, -0.15) is 0 Å². The number of nitrogens with one attached hydrogen (secondary N) is 2. The molecular weight excluding hydrogens is 316 g/mol. The molecule has 5 heteroatoms. The summed E-state index contributed by atoms with van der Waals surface area (Å²) < 4.78 is 10.8. The Morgan fingerprint density at radius 3 is 2.88 bits per heavy atom. The topological polar surface area (TPSA) is 59.6 Å². The highest BCUT2D eigenvalue weighted by molar-refractivity contribution is 6.02. The van der Waals surface area contributed by atoms with Crippen molar-refractivity contribution in [3.8, 4) is 11.5 Å². The van der Waals surface area contributed by atoms with Gasteiger partial charge in [-0.15, -0.1) is 0 Å². The highest BCUT2D eigenvalue weighted by Gasteiger charge is 2.52. The van der Waals surface area contributed by atoms with Gasteiger partial charge >= 0.3 is 0 Å². The lowest BCUT2D eigenvalue weighted by Crippen LogP contribution is -2.28. The second-order valence-corrected chi connectivity index (χ2v) is 7.15. The summed E-state index contributed by atoms with van der Waals surface area (Å²) in [5.41, 5.74) is 3.81. The average Bonchev–Trinajstić information content (AvgIpc) is 3.15. The molecule has 2 aromatic carbocycles. The molecule has 2 aliphatic heterocycles. The Hall–Kier alpha value is -2.69. The quantitative estimate of drug-likeness (QED) is 0.899. The van der Waals surface area contributed by atoms with Gasteiger partial charge in [-0.3, -0.25) is 4.79 Å². The highest BCUT2D eigenvalue weighted by Crippen LogP contribution is 2.51. The van der Waals surface area contributed by atoms with E-state index in [1.807, 2.05) is 30.3 Å². The zero-order valence-corrected chi connectivity index (χ0v) is 14.1. The third-order valence-corrected chi connectivity index (χ3v) is 5.56. The molecule has 2 heterocycles. The fraction of sp³-hybridized carbons (Fsp3) is 0.350. The number of hydrogen-bond donors (Lipinski definition) is 2. The van der Waals surface area contributed by atoms with Gasteiger partial charge in [0.15, 0.2) is 11.5 Å². The fourth-order valence-corrected chi connectivity index (χ4v) is 3.93. The van der Waals surface area contributed by atoms with Crippen LogP contribution in [0.25, 0.3) is 0 Å². The first kappa shape index (κ1) is 14.6. The van der Waals surface area contributed by atoms with Crippen LogP contribution in [0.1, 0.15) is 36.8 Å². The average molecular weight is 336 g/mol. The molecule has 0 spiro atoms. The third kappa shape index (κ3) is 2.18. The highest BCUT2D eigenvalue weighted by atomic mass is 16.7. The Kier molecular flexibility index (Phi) is 3.02. The molecule has 0 saturated heterocycles. The molecule has 2 N–H and O–H groups in total. The minimum atomic E-state index is -0.445. The van der Waals surface area contributed by atoms with Gasteiger partial charge in [-0.25, -0.2) is 0 Å². The van der Waals surface area contributed by atoms with Crippen molar-refractivity contribution in [1.29, 1.82) is 0 Å². The lowest BCUT2D eigenvalue weighted by Gasteiger charge is -2.18. The van der Waals surface area contributed by atoms with Gasteiger partial charge in [0, 0.05) is 29.4 Å². The minimum absolute atomic E-state index is 0.0684. The molecule has 0 bridgehead atoms. The summed E-state index contributed by atoms with van der Waals surface area (Å²) in [6.45, 7) is 3.34. The SMILES string of the molecule is CC1CNc2cccc(NC(=O)C3(c4ccc5c(c4)OCO5)CC3)c21. The number of carbonyl (C=O) groups is 1. The number of fused-ring (bicyclic) bond motifs is 2. The second kappa shape index (κ2) is 5.15. The summed E-state index contributed by atoms with van der Waals surface area (Å²) in [5.74, 6) is 1.95. The van der Waals surface area contributed by atoms with Crippen LogP contribution >= 0.6 is 0 Å². The van der Waals surface area contributed by atoms with E-state index in [0.717, 1.165) is 47.8 Å². The Bertz CT molecular complexity index is 873. The molecule has 0 aromatic heterocycles. The van der Waals surface area contributed by atoms with Crippen molar-refractivity contribution in [2.45, 2.75) is 31.1 Å². The van der Waals surface area contributed by atoms with Crippen LogP contribution in [-0.2, 0) is 10.2 Å². The summed E-state index contributed by atoms with van der Waals surface area (Å²) in [5, 5.41) is 6.59. The van der Waals surface area contributed by atoms with Crippen LogP contribution in [0.3, 0.4) is 0 Å². The van der Waals surface area contributed by atoms with Gasteiger partial charge in [0.2, 0.25) is 12.7 Å². The molecule has 1 aliphatic carbocycles. The Morgan fingerprint density at radius 2 is 2.04 bits per heavy atom. The van der Waals surface area contributed by atoms with Crippen LogP contribution in [0.5, 0.6) is 11.5 Å². The normalized spacial score (nSPS) is 21.4. The molecule has 25 heavy (non-hydrogen) atoms. The van der Waals surface area contributed by atoms with E-state index in [9.17, 15) is 4.79 Å². The molecule has 0 radical (unpaired) electrons. The van der Waals surface area contributed by atoms with Crippen molar-refractivity contribution in [3.63, 3.8) is 0 Å². The molecule has 1 atom stereocenters. The standard InChI is InChI=1S/C20H20N2O3/c1-12-10-21-14-3-2-4-15(18(12)14)22-19(23)20(7-8-20)13-5-6-16-17(9-13)25-11-24-16/h2-6,9,12,21H,7-8,10-11H2,1H3,(H,22,23). The first-order chi connectivity index (χ1) is 12.2. The van der Waals surface area contributed by atoms with Gasteiger partial charge in [0.05, 0.1) is 5.41 Å². The first-order valence-corrected chi connectivity index (χ1v) is 8.76. The lowest BCUT2D eigenvalue weighted by atomic mass is 9.93. The summed E-state index contributed by atoms with van der Waals surface area (Å²) in [6.07, 6.45) is 1.72. The van der Waals surface area contributed by atoms with Crippen molar-refractivity contribution in [2.24, 2.45) is 0 Å². The summed E-state index contributed by atoms with van der Waals surface area (Å²) >= 11 is 0. The number of benzene rings is 2. The minimum Gasteiger partial charge on any atom is -0.454 e. The molecule has 1 saturated carbocycles. The Labute approximate surface area is 146 Å². The van der Waals surface area contributed by atoms with Crippen LogP contribution in [0.4, 0.5) is 11.4 Å². The van der Waals surface area contributed by atoms with E-state index in [-0.39, 0.29) is 12.7 Å². The number of hydrogen-bond acceptors (Lipinski definition) is 4. The van der Waals surface area contributed by atoms with E-state index in [1.165, 1.54) is 5.56 Å². The van der Waals surface area contributed by atoms with Gasteiger partial charge in [-0.1, -0.05) is 19.1 Å². The zero-order valence-electron chi connectivity index (χ0n) is 14.1. The number of ether oxygens (including phenoxy) is 2. The van der Waals surface area contributed by atoms with E-state index in [4.69, 9.17) is 9.47 Å². The molecule has 3 aliphatic rings. The summed E-state index contributed by atoms with van der Waals surface area (Å²) in [7, 11) is 0. The number of carbonyl (C=O) groups excluding carboxylic acids is 1. The monoisotopic (exact) mass is 336 g/mol. The van der Waals surface area contributed by atoms with Gasteiger partial charge < -0.3 is 20.1 Å². The molecular formula is C20H20N2O3. The molecule has 5 nitrogen and oxygen atoms in total. The predicted octanol–water partition coefficient (Wildman–Crippen LogP) is 3.61. The lowest BCUT2D eigenvalue weighted by molar-refractivity contribution is -0.118. The molecule has 1 unspecified atom stereocenters.